The summed E-state index contributed by atoms with van der Waals surface area (Å²) in [4.78, 5) is 16.9. The molecule has 0 aliphatic carbocycles. The van der Waals surface area contributed by atoms with Crippen LogP contribution in [0.3, 0.4) is 0 Å². The molecule has 128 valence electrons. The van der Waals surface area contributed by atoms with Gasteiger partial charge in [0.15, 0.2) is 5.13 Å². The first kappa shape index (κ1) is 17.0. The Morgan fingerprint density at radius 3 is 2.52 bits per heavy atom. The predicted molar refractivity (Wildman–Crippen MR) is 103 cm³/mol. The maximum atomic E-state index is 11.1. The standard InChI is InChI=1S/C19H19N3O2S/c1-12-18(14-8-10-15(11-9-14)20-13(2)23)22-19(25-12)21-16-6-4-5-7-17(16)24-3/h4-11H,1-3H3,(H,20,23)(H,21,22). The second-order valence-electron chi connectivity index (χ2n) is 5.51. The van der Waals surface area contributed by atoms with Crippen LogP contribution in [-0.2, 0) is 4.79 Å². The lowest BCUT2D eigenvalue weighted by atomic mass is 10.1. The van der Waals surface area contributed by atoms with E-state index in [-0.39, 0.29) is 5.91 Å². The lowest BCUT2D eigenvalue weighted by molar-refractivity contribution is -0.114. The first-order valence-corrected chi connectivity index (χ1v) is 8.64. The molecule has 0 spiro atoms. The van der Waals surface area contributed by atoms with Crippen LogP contribution in [-0.4, -0.2) is 18.0 Å². The maximum Gasteiger partial charge on any atom is 0.221 e. The summed E-state index contributed by atoms with van der Waals surface area (Å²) in [6.45, 7) is 3.54. The van der Waals surface area contributed by atoms with E-state index in [9.17, 15) is 4.79 Å². The van der Waals surface area contributed by atoms with Gasteiger partial charge in [0.2, 0.25) is 5.91 Å². The van der Waals surface area contributed by atoms with Crippen LogP contribution in [0.5, 0.6) is 5.75 Å². The van der Waals surface area contributed by atoms with Crippen molar-refractivity contribution in [3.05, 3.63) is 53.4 Å². The number of methoxy groups -OCH3 is 1. The smallest absolute Gasteiger partial charge is 0.221 e. The Labute approximate surface area is 150 Å². The van der Waals surface area contributed by atoms with Crippen LogP contribution in [0, 0.1) is 6.92 Å². The number of hydrogen-bond donors (Lipinski definition) is 2. The van der Waals surface area contributed by atoms with E-state index < -0.39 is 0 Å². The number of hydrogen-bond acceptors (Lipinski definition) is 5. The van der Waals surface area contributed by atoms with Gasteiger partial charge in [-0.05, 0) is 31.2 Å². The van der Waals surface area contributed by atoms with Crippen LogP contribution in [0.15, 0.2) is 48.5 Å². The molecule has 0 unspecified atom stereocenters. The zero-order valence-corrected chi connectivity index (χ0v) is 15.1. The van der Waals surface area contributed by atoms with Gasteiger partial charge in [-0.15, -0.1) is 11.3 Å². The van der Waals surface area contributed by atoms with Gasteiger partial charge in [-0.25, -0.2) is 4.98 Å². The third-order valence-electron chi connectivity index (χ3n) is 3.62. The number of para-hydroxylation sites is 2. The maximum absolute atomic E-state index is 11.1. The molecule has 5 nitrogen and oxygen atoms in total. The molecule has 6 heteroatoms. The number of carbonyl (C=O) groups is 1. The summed E-state index contributed by atoms with van der Waals surface area (Å²) in [6.07, 6.45) is 0. The van der Waals surface area contributed by atoms with Gasteiger partial charge in [0, 0.05) is 23.1 Å². The monoisotopic (exact) mass is 353 g/mol. The molecule has 0 aliphatic rings. The van der Waals surface area contributed by atoms with Crippen molar-refractivity contribution in [2.45, 2.75) is 13.8 Å². The molecule has 2 aromatic carbocycles. The zero-order valence-electron chi connectivity index (χ0n) is 14.3. The average Bonchev–Trinajstić information content (AvgIpc) is 2.96. The van der Waals surface area contributed by atoms with E-state index in [1.54, 1.807) is 18.4 Å². The van der Waals surface area contributed by atoms with E-state index in [1.165, 1.54) is 6.92 Å². The number of anilines is 3. The highest BCUT2D eigenvalue weighted by molar-refractivity contribution is 7.16. The number of rotatable bonds is 5. The second-order valence-corrected chi connectivity index (χ2v) is 6.71. The molecular weight excluding hydrogens is 334 g/mol. The highest BCUT2D eigenvalue weighted by atomic mass is 32.1. The molecular formula is C19H19N3O2S. The molecule has 1 heterocycles. The first-order valence-electron chi connectivity index (χ1n) is 7.82. The van der Waals surface area contributed by atoms with Crippen molar-refractivity contribution < 1.29 is 9.53 Å². The average molecular weight is 353 g/mol. The number of aryl methyl sites for hydroxylation is 1. The Hall–Kier alpha value is -2.86. The van der Waals surface area contributed by atoms with Crippen LogP contribution >= 0.6 is 11.3 Å². The number of nitrogens with one attached hydrogen (secondary N) is 2. The Morgan fingerprint density at radius 1 is 1.12 bits per heavy atom. The molecule has 2 N–H and O–H groups in total. The van der Waals surface area contributed by atoms with Crippen molar-refractivity contribution in [3.8, 4) is 17.0 Å². The normalized spacial score (nSPS) is 10.4. The van der Waals surface area contributed by atoms with E-state index in [0.717, 1.165) is 38.4 Å². The minimum Gasteiger partial charge on any atom is -0.495 e. The van der Waals surface area contributed by atoms with Gasteiger partial charge in [-0.2, -0.15) is 0 Å². The fourth-order valence-electron chi connectivity index (χ4n) is 2.50. The number of benzene rings is 2. The van der Waals surface area contributed by atoms with E-state index in [1.807, 2.05) is 55.5 Å². The van der Waals surface area contributed by atoms with Crippen molar-refractivity contribution in [2.75, 3.05) is 17.7 Å². The summed E-state index contributed by atoms with van der Waals surface area (Å²) in [5, 5.41) is 6.89. The molecule has 25 heavy (non-hydrogen) atoms. The van der Waals surface area contributed by atoms with Gasteiger partial charge in [-0.1, -0.05) is 24.3 Å². The molecule has 0 atom stereocenters. The number of aromatic nitrogens is 1. The molecule has 3 rings (SSSR count). The number of amides is 1. The van der Waals surface area contributed by atoms with E-state index >= 15 is 0 Å². The summed E-state index contributed by atoms with van der Waals surface area (Å²) in [5.41, 5.74) is 3.59. The Bertz CT molecular complexity index is 888. The highest BCUT2D eigenvalue weighted by Gasteiger charge is 2.11. The van der Waals surface area contributed by atoms with Crippen molar-refractivity contribution in [1.29, 1.82) is 0 Å². The Kier molecular flexibility index (Phi) is 5.00. The second kappa shape index (κ2) is 7.36. The summed E-state index contributed by atoms with van der Waals surface area (Å²) >= 11 is 1.59. The predicted octanol–water partition coefficient (Wildman–Crippen LogP) is 4.83. The van der Waals surface area contributed by atoms with Gasteiger partial charge in [0.25, 0.3) is 0 Å². The number of ether oxygens (including phenoxy) is 1. The first-order chi connectivity index (χ1) is 12.1. The quantitative estimate of drug-likeness (QED) is 0.690. The molecule has 3 aromatic rings. The van der Waals surface area contributed by atoms with Crippen LogP contribution in [0.2, 0.25) is 0 Å². The number of carbonyl (C=O) groups excluding carboxylic acids is 1. The topological polar surface area (TPSA) is 63.2 Å². The summed E-state index contributed by atoms with van der Waals surface area (Å²) in [6, 6.07) is 15.4. The van der Waals surface area contributed by atoms with Crippen molar-refractivity contribution in [3.63, 3.8) is 0 Å². The van der Waals surface area contributed by atoms with Gasteiger partial charge < -0.3 is 15.4 Å². The van der Waals surface area contributed by atoms with Crippen molar-refractivity contribution in [2.24, 2.45) is 0 Å². The molecule has 0 aliphatic heterocycles. The van der Waals surface area contributed by atoms with E-state index in [0.29, 0.717) is 0 Å². The van der Waals surface area contributed by atoms with Gasteiger partial charge in [0.1, 0.15) is 5.75 Å². The lowest BCUT2D eigenvalue weighted by Crippen LogP contribution is -2.05. The molecule has 1 aromatic heterocycles. The van der Waals surface area contributed by atoms with Gasteiger partial charge in [0.05, 0.1) is 18.5 Å². The molecule has 0 fully saturated rings. The minimum absolute atomic E-state index is 0.0825. The third kappa shape index (κ3) is 3.97. The molecule has 1 amide bonds. The summed E-state index contributed by atoms with van der Waals surface area (Å²) in [7, 11) is 1.65. The molecule has 0 radical (unpaired) electrons. The van der Waals surface area contributed by atoms with Crippen LogP contribution in [0.25, 0.3) is 11.3 Å². The Morgan fingerprint density at radius 2 is 1.84 bits per heavy atom. The van der Waals surface area contributed by atoms with Crippen molar-refractivity contribution >= 4 is 33.8 Å². The lowest BCUT2D eigenvalue weighted by Gasteiger charge is -2.08. The molecule has 0 saturated heterocycles. The van der Waals surface area contributed by atoms with Crippen LogP contribution in [0.4, 0.5) is 16.5 Å². The number of thiazole rings is 1. The number of nitrogens with zero attached hydrogens (tertiary/aromatic N) is 1. The largest absolute Gasteiger partial charge is 0.495 e. The van der Waals surface area contributed by atoms with Gasteiger partial charge in [-0.3, -0.25) is 4.79 Å². The summed E-state index contributed by atoms with van der Waals surface area (Å²) in [5.74, 6) is 0.692. The fourth-order valence-corrected chi connectivity index (χ4v) is 3.34. The zero-order chi connectivity index (χ0) is 17.8. The van der Waals surface area contributed by atoms with Crippen LogP contribution < -0.4 is 15.4 Å². The summed E-state index contributed by atoms with van der Waals surface area (Å²) < 4.78 is 5.36. The van der Waals surface area contributed by atoms with Crippen LogP contribution in [0.1, 0.15) is 11.8 Å². The fraction of sp³-hybridized carbons (Fsp3) is 0.158. The Balaban J connectivity index is 1.84. The van der Waals surface area contributed by atoms with E-state index in [2.05, 4.69) is 10.6 Å². The molecule has 0 saturated carbocycles. The van der Waals surface area contributed by atoms with Gasteiger partial charge >= 0.3 is 0 Å². The van der Waals surface area contributed by atoms with E-state index in [4.69, 9.17) is 9.72 Å². The minimum atomic E-state index is -0.0825. The van der Waals surface area contributed by atoms with Crippen molar-refractivity contribution in [1.82, 2.24) is 4.98 Å². The highest BCUT2D eigenvalue weighted by Crippen LogP contribution is 2.34. The molecule has 0 bridgehead atoms. The SMILES string of the molecule is COc1ccccc1Nc1nc(-c2ccc(NC(C)=O)cc2)c(C)s1. The third-order valence-corrected chi connectivity index (χ3v) is 4.51.